The summed E-state index contributed by atoms with van der Waals surface area (Å²) >= 11 is 0. The van der Waals surface area contributed by atoms with Gasteiger partial charge in [-0.1, -0.05) is 19.9 Å². The van der Waals surface area contributed by atoms with Crippen molar-refractivity contribution in [2.75, 3.05) is 13.2 Å². The summed E-state index contributed by atoms with van der Waals surface area (Å²) in [5.41, 5.74) is 7.56. The molecular weight excluding hydrogens is 202 g/mol. The summed E-state index contributed by atoms with van der Waals surface area (Å²) in [4.78, 5) is 0. The predicted molar refractivity (Wildman–Crippen MR) is 61.9 cm³/mol. The highest BCUT2D eigenvalue weighted by atomic mass is 16.6. The van der Waals surface area contributed by atoms with Gasteiger partial charge in [-0.15, -0.1) is 0 Å². The van der Waals surface area contributed by atoms with E-state index in [4.69, 9.17) is 15.2 Å². The Morgan fingerprint density at radius 2 is 1.81 bits per heavy atom. The molecule has 3 nitrogen and oxygen atoms in total. The van der Waals surface area contributed by atoms with Crippen molar-refractivity contribution in [2.45, 2.75) is 25.8 Å². The number of ether oxygens (including phenoxy) is 2. The van der Waals surface area contributed by atoms with E-state index in [1.54, 1.807) is 0 Å². The zero-order chi connectivity index (χ0) is 11.3. The minimum atomic E-state index is 0.212. The number of hydrogen-bond donors (Lipinski definition) is 1. The summed E-state index contributed by atoms with van der Waals surface area (Å²) in [6.07, 6.45) is 0. The molecule has 1 fully saturated rings. The van der Waals surface area contributed by atoms with Crippen molar-refractivity contribution in [3.63, 3.8) is 0 Å². The molecule has 0 bridgehead atoms. The molecule has 0 amide bonds. The normalized spacial score (nSPS) is 29.9. The van der Waals surface area contributed by atoms with E-state index in [-0.39, 0.29) is 11.5 Å². The lowest BCUT2D eigenvalue weighted by Crippen LogP contribution is -2.15. The van der Waals surface area contributed by atoms with Gasteiger partial charge in [0.1, 0.15) is 13.2 Å². The fraction of sp³-hybridized carbons (Fsp3) is 0.538. The minimum Gasteiger partial charge on any atom is -0.486 e. The Kier molecular flexibility index (Phi) is 1.96. The Morgan fingerprint density at radius 3 is 2.44 bits per heavy atom. The second-order valence-electron chi connectivity index (χ2n) is 5.23. The van der Waals surface area contributed by atoms with Crippen LogP contribution in [0.25, 0.3) is 0 Å². The maximum Gasteiger partial charge on any atom is 0.161 e. The Balaban J connectivity index is 1.93. The molecule has 2 atom stereocenters. The highest BCUT2D eigenvalue weighted by molar-refractivity contribution is 5.47. The van der Waals surface area contributed by atoms with E-state index in [0.717, 1.165) is 11.5 Å². The quantitative estimate of drug-likeness (QED) is 0.784. The average molecular weight is 219 g/mol. The first kappa shape index (κ1) is 9.97. The van der Waals surface area contributed by atoms with Gasteiger partial charge in [-0.05, 0) is 23.1 Å². The fourth-order valence-corrected chi connectivity index (χ4v) is 2.57. The van der Waals surface area contributed by atoms with Crippen LogP contribution in [0.1, 0.15) is 25.3 Å². The molecule has 0 saturated heterocycles. The average Bonchev–Trinajstić information content (AvgIpc) is 2.78. The zero-order valence-corrected chi connectivity index (χ0v) is 9.69. The van der Waals surface area contributed by atoms with Crippen molar-refractivity contribution in [2.24, 2.45) is 11.1 Å². The van der Waals surface area contributed by atoms with Crippen molar-refractivity contribution in [3.8, 4) is 11.5 Å². The monoisotopic (exact) mass is 219 g/mol. The van der Waals surface area contributed by atoms with Crippen molar-refractivity contribution in [3.05, 3.63) is 23.8 Å². The van der Waals surface area contributed by atoms with E-state index >= 15 is 0 Å². The van der Waals surface area contributed by atoms with Crippen LogP contribution in [-0.4, -0.2) is 19.3 Å². The molecule has 1 saturated carbocycles. The number of benzene rings is 1. The Labute approximate surface area is 95.5 Å². The van der Waals surface area contributed by atoms with Gasteiger partial charge in [-0.25, -0.2) is 0 Å². The van der Waals surface area contributed by atoms with Gasteiger partial charge in [0, 0.05) is 12.0 Å². The molecule has 1 heterocycles. The smallest absolute Gasteiger partial charge is 0.161 e. The van der Waals surface area contributed by atoms with E-state index in [9.17, 15) is 0 Å². The van der Waals surface area contributed by atoms with Crippen molar-refractivity contribution in [1.29, 1.82) is 0 Å². The summed E-state index contributed by atoms with van der Waals surface area (Å²) in [6.45, 7) is 5.69. The van der Waals surface area contributed by atoms with E-state index in [1.807, 2.05) is 6.07 Å². The molecule has 2 aliphatic rings. The molecule has 1 aliphatic heterocycles. The highest BCUT2D eigenvalue weighted by Gasteiger charge is 2.56. The van der Waals surface area contributed by atoms with Crippen LogP contribution < -0.4 is 15.2 Å². The Bertz CT molecular complexity index is 428. The molecule has 1 aliphatic carbocycles. The summed E-state index contributed by atoms with van der Waals surface area (Å²) in [7, 11) is 0. The minimum absolute atomic E-state index is 0.212. The molecule has 3 heteroatoms. The maximum absolute atomic E-state index is 6.08. The predicted octanol–water partition coefficient (Wildman–Crippen LogP) is 1.91. The summed E-state index contributed by atoms with van der Waals surface area (Å²) in [5, 5.41) is 0. The Morgan fingerprint density at radius 1 is 1.19 bits per heavy atom. The third-order valence-electron chi connectivity index (χ3n) is 3.84. The summed E-state index contributed by atoms with van der Waals surface area (Å²) < 4.78 is 11.1. The van der Waals surface area contributed by atoms with Gasteiger partial charge < -0.3 is 15.2 Å². The standard InChI is InChI=1S/C13H17NO2/c1-13(2)11(12(13)14)8-3-4-9-10(7-8)16-6-5-15-9/h3-4,7,11-12H,5-6,14H2,1-2H3/t11-,12-/m0/s1. The van der Waals surface area contributed by atoms with E-state index in [0.29, 0.717) is 19.1 Å². The molecule has 1 aromatic carbocycles. The largest absolute Gasteiger partial charge is 0.486 e. The third-order valence-corrected chi connectivity index (χ3v) is 3.84. The lowest BCUT2D eigenvalue weighted by molar-refractivity contribution is 0.171. The van der Waals surface area contributed by atoms with Gasteiger partial charge >= 0.3 is 0 Å². The second-order valence-corrected chi connectivity index (χ2v) is 5.23. The molecule has 2 N–H and O–H groups in total. The van der Waals surface area contributed by atoms with Crippen LogP contribution in [0.5, 0.6) is 11.5 Å². The van der Waals surface area contributed by atoms with Crippen molar-refractivity contribution >= 4 is 0 Å². The molecule has 0 radical (unpaired) electrons. The van der Waals surface area contributed by atoms with Crippen molar-refractivity contribution in [1.82, 2.24) is 0 Å². The topological polar surface area (TPSA) is 44.5 Å². The van der Waals surface area contributed by atoms with Gasteiger partial charge in [0.15, 0.2) is 11.5 Å². The van der Waals surface area contributed by atoms with Gasteiger partial charge in [0.25, 0.3) is 0 Å². The van der Waals surface area contributed by atoms with Gasteiger partial charge in [0.2, 0.25) is 0 Å². The number of nitrogens with two attached hydrogens (primary N) is 1. The van der Waals surface area contributed by atoms with Crippen LogP contribution in [0.3, 0.4) is 0 Å². The summed E-state index contributed by atoms with van der Waals surface area (Å²) in [5.74, 6) is 2.16. The number of rotatable bonds is 1. The van der Waals surface area contributed by atoms with E-state index in [1.165, 1.54) is 5.56 Å². The Hall–Kier alpha value is -1.22. The number of fused-ring (bicyclic) bond motifs is 1. The fourth-order valence-electron chi connectivity index (χ4n) is 2.57. The zero-order valence-electron chi connectivity index (χ0n) is 9.69. The van der Waals surface area contributed by atoms with Crippen molar-refractivity contribution < 1.29 is 9.47 Å². The molecule has 0 unspecified atom stereocenters. The van der Waals surface area contributed by atoms with Crippen LogP contribution in [0.2, 0.25) is 0 Å². The van der Waals surface area contributed by atoms with Crippen LogP contribution in [0.15, 0.2) is 18.2 Å². The lowest BCUT2D eigenvalue weighted by Gasteiger charge is -2.19. The molecule has 0 aromatic heterocycles. The van der Waals surface area contributed by atoms with Gasteiger partial charge in [0.05, 0.1) is 0 Å². The van der Waals surface area contributed by atoms with E-state index in [2.05, 4.69) is 26.0 Å². The van der Waals surface area contributed by atoms with Crippen LogP contribution in [-0.2, 0) is 0 Å². The molecule has 86 valence electrons. The van der Waals surface area contributed by atoms with Gasteiger partial charge in [-0.3, -0.25) is 0 Å². The molecule has 16 heavy (non-hydrogen) atoms. The third kappa shape index (κ3) is 1.31. The van der Waals surface area contributed by atoms with E-state index < -0.39 is 0 Å². The number of hydrogen-bond acceptors (Lipinski definition) is 3. The first-order valence-electron chi connectivity index (χ1n) is 5.76. The van der Waals surface area contributed by atoms with Crippen LogP contribution in [0.4, 0.5) is 0 Å². The first-order valence-corrected chi connectivity index (χ1v) is 5.76. The second kappa shape index (κ2) is 3.14. The molecule has 1 aromatic rings. The molecule has 3 rings (SSSR count). The molecule has 0 spiro atoms. The molecular formula is C13H17NO2. The summed E-state index contributed by atoms with van der Waals surface area (Å²) in [6, 6.07) is 6.43. The SMILES string of the molecule is CC1(C)[C@@H](N)[C@@H]1c1ccc2c(c1)OCCO2. The van der Waals surface area contributed by atoms with Crippen LogP contribution in [0, 0.1) is 5.41 Å². The highest BCUT2D eigenvalue weighted by Crippen LogP contribution is 2.58. The lowest BCUT2D eigenvalue weighted by atomic mass is 10.0. The first-order chi connectivity index (χ1) is 7.60. The maximum atomic E-state index is 6.08. The van der Waals surface area contributed by atoms with Gasteiger partial charge in [-0.2, -0.15) is 0 Å². The van der Waals surface area contributed by atoms with Crippen LogP contribution >= 0.6 is 0 Å².